The summed E-state index contributed by atoms with van der Waals surface area (Å²) in [5.74, 6) is 1.86. The quantitative estimate of drug-likeness (QED) is 0.604. The zero-order chi connectivity index (χ0) is 23.1. The molecule has 0 aliphatic carbocycles. The fourth-order valence-corrected chi connectivity index (χ4v) is 4.16. The largest absolute Gasteiger partial charge is 0.497 e. The van der Waals surface area contributed by atoms with Crippen LogP contribution in [-0.2, 0) is 0 Å². The number of nitrogens with one attached hydrogen (secondary N) is 1. The van der Waals surface area contributed by atoms with Gasteiger partial charge in [0.2, 0.25) is 30.1 Å². The fraction of sp³-hybridized carbons (Fsp3) is 0.217. The number of aromatic nitrogens is 2. The third-order valence-corrected chi connectivity index (χ3v) is 5.62. The maximum atomic E-state index is 10.0. The summed E-state index contributed by atoms with van der Waals surface area (Å²) in [7, 11) is 4.64. The molecule has 0 fully saturated rings. The number of hydrogen-bond acceptors (Lipinski definition) is 9. The number of methoxy groups -OCH3 is 3. The molecule has 3 aromatic rings. The predicted octanol–water partition coefficient (Wildman–Crippen LogP) is 3.05. The first-order valence-electron chi connectivity index (χ1n) is 9.96. The molecule has 2 aromatic carbocycles. The molecule has 0 saturated carbocycles. The normalized spacial score (nSPS) is 16.0. The Kier molecular flexibility index (Phi) is 4.86. The second kappa shape index (κ2) is 7.87. The molecule has 5 rings (SSSR count). The highest BCUT2D eigenvalue weighted by molar-refractivity contribution is 5.75. The highest BCUT2D eigenvalue weighted by atomic mass is 16.7. The van der Waals surface area contributed by atoms with Crippen molar-refractivity contribution in [3.05, 3.63) is 52.9 Å². The molecular weight excluding hydrogens is 428 g/mol. The van der Waals surface area contributed by atoms with Gasteiger partial charge in [-0.3, -0.25) is 5.10 Å². The highest BCUT2D eigenvalue weighted by Crippen LogP contribution is 2.55. The third kappa shape index (κ3) is 3.05. The van der Waals surface area contributed by atoms with Gasteiger partial charge in [-0.15, -0.1) is 5.10 Å². The Morgan fingerprint density at radius 3 is 2.67 bits per heavy atom. The Morgan fingerprint density at radius 1 is 1.12 bits per heavy atom. The van der Waals surface area contributed by atoms with Gasteiger partial charge in [-0.2, -0.15) is 5.26 Å². The van der Waals surface area contributed by atoms with Crippen LogP contribution in [0.5, 0.6) is 34.6 Å². The number of benzene rings is 2. The van der Waals surface area contributed by atoms with Crippen LogP contribution in [0, 0.1) is 11.3 Å². The molecule has 0 unspecified atom stereocenters. The molecule has 0 radical (unpaired) electrons. The Hall–Kier alpha value is -4.52. The van der Waals surface area contributed by atoms with Gasteiger partial charge in [0.25, 0.3) is 0 Å². The standard InChI is InChI=1S/C23H20N4O6/c1-28-12-6-4-5-11(7-12)18-17-16(14(9-24)22(25)33-23(17)27-26-18)13-8-15(29-2)20-21(19(13)30-3)32-10-31-20/h4-8,16H,10,25H2,1-3H3,(H,26,27)/t16-/m1/s1. The predicted molar refractivity (Wildman–Crippen MR) is 116 cm³/mol. The zero-order valence-electron chi connectivity index (χ0n) is 18.1. The molecule has 1 aromatic heterocycles. The molecule has 168 valence electrons. The Bertz CT molecular complexity index is 1320. The number of hydrogen-bond donors (Lipinski definition) is 2. The van der Waals surface area contributed by atoms with E-state index < -0.39 is 5.92 Å². The average Bonchev–Trinajstić information content (AvgIpc) is 3.49. The molecule has 0 saturated heterocycles. The molecule has 0 spiro atoms. The smallest absolute Gasteiger partial charge is 0.244 e. The SMILES string of the molecule is COc1cccc(-c2[nH]nc3c2[C@H](c2cc(OC)c4c(c2OC)OCO4)C(C#N)=C(N)O3)c1. The van der Waals surface area contributed by atoms with Crippen molar-refractivity contribution < 1.29 is 28.4 Å². The lowest BCUT2D eigenvalue weighted by Gasteiger charge is -2.26. The van der Waals surface area contributed by atoms with E-state index in [1.165, 1.54) is 14.2 Å². The summed E-state index contributed by atoms with van der Waals surface area (Å²) in [6, 6.07) is 11.4. The van der Waals surface area contributed by atoms with Gasteiger partial charge >= 0.3 is 0 Å². The minimum Gasteiger partial charge on any atom is -0.497 e. The second-order valence-electron chi connectivity index (χ2n) is 7.24. The average molecular weight is 448 g/mol. The number of nitriles is 1. The van der Waals surface area contributed by atoms with E-state index >= 15 is 0 Å². The van der Waals surface area contributed by atoms with Crippen molar-refractivity contribution >= 4 is 0 Å². The van der Waals surface area contributed by atoms with Crippen LogP contribution in [0.4, 0.5) is 0 Å². The first-order valence-corrected chi connectivity index (χ1v) is 9.96. The van der Waals surface area contributed by atoms with Crippen LogP contribution in [0.15, 0.2) is 41.8 Å². The molecule has 2 aliphatic rings. The van der Waals surface area contributed by atoms with Crippen LogP contribution in [-0.4, -0.2) is 38.3 Å². The molecule has 3 heterocycles. The summed E-state index contributed by atoms with van der Waals surface area (Å²) in [5.41, 5.74) is 8.98. The van der Waals surface area contributed by atoms with Crippen molar-refractivity contribution in [2.24, 2.45) is 5.73 Å². The molecule has 1 atom stereocenters. The molecule has 2 aliphatic heterocycles. The van der Waals surface area contributed by atoms with Crippen LogP contribution < -0.4 is 34.2 Å². The van der Waals surface area contributed by atoms with E-state index in [9.17, 15) is 5.26 Å². The lowest BCUT2D eigenvalue weighted by molar-refractivity contribution is 0.168. The maximum absolute atomic E-state index is 10.0. The highest BCUT2D eigenvalue weighted by Gasteiger charge is 2.40. The van der Waals surface area contributed by atoms with Gasteiger partial charge in [0.15, 0.2) is 11.5 Å². The summed E-state index contributed by atoms with van der Waals surface area (Å²) in [4.78, 5) is 0. The Labute approximate surface area is 189 Å². The number of H-pyrrole nitrogens is 1. The molecule has 33 heavy (non-hydrogen) atoms. The number of fused-ring (bicyclic) bond motifs is 2. The topological polar surface area (TPSA) is 134 Å². The van der Waals surface area contributed by atoms with Crippen molar-refractivity contribution in [3.63, 3.8) is 0 Å². The van der Waals surface area contributed by atoms with Crippen molar-refractivity contribution in [1.29, 1.82) is 5.26 Å². The van der Waals surface area contributed by atoms with E-state index in [1.54, 1.807) is 13.2 Å². The zero-order valence-corrected chi connectivity index (χ0v) is 18.1. The van der Waals surface area contributed by atoms with Gasteiger partial charge in [-0.05, 0) is 18.2 Å². The maximum Gasteiger partial charge on any atom is 0.244 e. The van der Waals surface area contributed by atoms with Gasteiger partial charge < -0.3 is 34.2 Å². The van der Waals surface area contributed by atoms with Gasteiger partial charge in [-0.25, -0.2) is 0 Å². The van der Waals surface area contributed by atoms with Gasteiger partial charge in [-0.1, -0.05) is 12.1 Å². The summed E-state index contributed by atoms with van der Waals surface area (Å²) < 4.78 is 33.6. The first-order chi connectivity index (χ1) is 16.1. The Balaban J connectivity index is 1.79. The number of ether oxygens (including phenoxy) is 6. The molecule has 0 bridgehead atoms. The van der Waals surface area contributed by atoms with Gasteiger partial charge in [0, 0.05) is 11.1 Å². The summed E-state index contributed by atoms with van der Waals surface area (Å²) in [6.45, 7) is 0.0222. The summed E-state index contributed by atoms with van der Waals surface area (Å²) in [5, 5.41) is 17.4. The monoisotopic (exact) mass is 448 g/mol. The molecule has 3 N–H and O–H groups in total. The van der Waals surface area contributed by atoms with Crippen molar-refractivity contribution in [2.75, 3.05) is 28.1 Å². The van der Waals surface area contributed by atoms with E-state index in [1.807, 2.05) is 24.3 Å². The van der Waals surface area contributed by atoms with E-state index in [4.69, 9.17) is 34.2 Å². The number of rotatable bonds is 5. The van der Waals surface area contributed by atoms with Crippen molar-refractivity contribution in [1.82, 2.24) is 10.2 Å². The molecule has 0 amide bonds. The van der Waals surface area contributed by atoms with Crippen LogP contribution in [0.1, 0.15) is 17.0 Å². The number of aromatic amines is 1. The lowest BCUT2D eigenvalue weighted by atomic mass is 9.82. The second-order valence-corrected chi connectivity index (χ2v) is 7.24. The fourth-order valence-electron chi connectivity index (χ4n) is 4.16. The molecule has 10 nitrogen and oxygen atoms in total. The van der Waals surface area contributed by atoms with E-state index in [2.05, 4.69) is 16.3 Å². The summed E-state index contributed by atoms with van der Waals surface area (Å²) in [6.07, 6.45) is 0. The number of allylic oxidation sites excluding steroid dienone is 1. The van der Waals surface area contributed by atoms with Gasteiger partial charge in [0.1, 0.15) is 17.4 Å². The molecule has 10 heteroatoms. The minimum atomic E-state index is -0.683. The first kappa shape index (κ1) is 20.4. The number of nitrogens with two attached hydrogens (primary N) is 1. The van der Waals surface area contributed by atoms with Crippen LogP contribution in [0.2, 0.25) is 0 Å². The van der Waals surface area contributed by atoms with Crippen molar-refractivity contribution in [2.45, 2.75) is 5.92 Å². The Morgan fingerprint density at radius 2 is 1.94 bits per heavy atom. The van der Waals surface area contributed by atoms with E-state index in [-0.39, 0.29) is 24.1 Å². The van der Waals surface area contributed by atoms with Crippen LogP contribution >= 0.6 is 0 Å². The molecular formula is C23H20N4O6. The van der Waals surface area contributed by atoms with E-state index in [0.29, 0.717) is 45.6 Å². The number of nitrogens with zero attached hydrogens (tertiary/aromatic N) is 2. The summed E-state index contributed by atoms with van der Waals surface area (Å²) >= 11 is 0. The lowest BCUT2D eigenvalue weighted by Crippen LogP contribution is -2.21. The van der Waals surface area contributed by atoms with Crippen molar-refractivity contribution in [3.8, 4) is 52.0 Å². The third-order valence-electron chi connectivity index (χ3n) is 5.62. The minimum absolute atomic E-state index is 0.0222. The van der Waals surface area contributed by atoms with Crippen LogP contribution in [0.25, 0.3) is 11.3 Å². The van der Waals surface area contributed by atoms with Crippen LogP contribution in [0.3, 0.4) is 0 Å². The van der Waals surface area contributed by atoms with Gasteiger partial charge in [0.05, 0.1) is 38.5 Å². The van der Waals surface area contributed by atoms with E-state index in [0.717, 1.165) is 5.56 Å².